The average molecular weight is 368 g/mol. The highest BCUT2D eigenvalue weighted by Crippen LogP contribution is 2.33. The van der Waals surface area contributed by atoms with Crippen LogP contribution in [0.1, 0.15) is 12.8 Å². The Bertz CT molecular complexity index is 912. The summed E-state index contributed by atoms with van der Waals surface area (Å²) in [7, 11) is 1.67. The maximum absolute atomic E-state index is 12.6. The van der Waals surface area contributed by atoms with Crippen LogP contribution in [-0.2, 0) is 4.79 Å². The number of rotatable bonds is 4. The molecule has 0 unspecified atom stereocenters. The maximum atomic E-state index is 12.6. The Balaban J connectivity index is 1.48. The molecular weight excluding hydrogens is 348 g/mol. The first-order chi connectivity index (χ1) is 12.7. The van der Waals surface area contributed by atoms with E-state index in [2.05, 4.69) is 15.2 Å². The van der Waals surface area contributed by atoms with Crippen molar-refractivity contribution < 1.29 is 9.53 Å². The van der Waals surface area contributed by atoms with Crippen LogP contribution in [-0.4, -0.2) is 36.1 Å². The van der Waals surface area contributed by atoms with E-state index >= 15 is 0 Å². The highest BCUT2D eigenvalue weighted by Gasteiger charge is 2.27. The lowest BCUT2D eigenvalue weighted by molar-refractivity contribution is -0.120. The minimum atomic E-state index is -0.0505. The maximum Gasteiger partial charge on any atom is 0.229 e. The fraction of sp³-hybridized carbons (Fsp3) is 0.316. The molecule has 4 rings (SSSR count). The lowest BCUT2D eigenvalue weighted by atomic mass is 9.97. The first-order valence-corrected chi connectivity index (χ1v) is 9.45. The number of methoxy groups -OCH3 is 1. The van der Waals surface area contributed by atoms with Gasteiger partial charge in [0.1, 0.15) is 5.75 Å². The molecule has 1 aliphatic heterocycles. The molecule has 6 nitrogen and oxygen atoms in total. The fourth-order valence-corrected chi connectivity index (χ4v) is 4.23. The molecule has 1 atom stereocenters. The molecule has 26 heavy (non-hydrogen) atoms. The van der Waals surface area contributed by atoms with Gasteiger partial charge < -0.3 is 15.0 Å². The summed E-state index contributed by atoms with van der Waals surface area (Å²) in [6.07, 6.45) is 5.23. The van der Waals surface area contributed by atoms with Crippen molar-refractivity contribution in [3.63, 3.8) is 0 Å². The number of hydrogen-bond acceptors (Lipinski definition) is 6. The number of carbonyl (C=O) groups excluding carboxylic acids is 1. The number of benzene rings is 1. The number of nitrogens with one attached hydrogen (secondary N) is 1. The zero-order valence-corrected chi connectivity index (χ0v) is 15.3. The van der Waals surface area contributed by atoms with E-state index in [1.165, 1.54) is 0 Å². The zero-order chi connectivity index (χ0) is 17.9. The van der Waals surface area contributed by atoms with Crippen molar-refractivity contribution in [1.29, 1.82) is 0 Å². The van der Waals surface area contributed by atoms with Crippen molar-refractivity contribution in [2.75, 3.05) is 30.4 Å². The topological polar surface area (TPSA) is 67.3 Å². The highest BCUT2D eigenvalue weighted by atomic mass is 32.1. The number of fused-ring (bicyclic) bond motifs is 1. The predicted octanol–water partition coefficient (Wildman–Crippen LogP) is 3.56. The Hall–Kier alpha value is -2.67. The molecule has 0 aliphatic carbocycles. The van der Waals surface area contributed by atoms with Gasteiger partial charge in [-0.1, -0.05) is 11.3 Å². The fourth-order valence-electron chi connectivity index (χ4n) is 3.20. The molecule has 7 heteroatoms. The smallest absolute Gasteiger partial charge is 0.229 e. The summed E-state index contributed by atoms with van der Waals surface area (Å²) in [4.78, 5) is 23.6. The van der Waals surface area contributed by atoms with Gasteiger partial charge >= 0.3 is 0 Å². The molecule has 2 aromatic heterocycles. The number of aromatic nitrogens is 2. The first kappa shape index (κ1) is 16.8. The summed E-state index contributed by atoms with van der Waals surface area (Å²) in [5.74, 6) is 0.830. The third kappa shape index (κ3) is 3.48. The molecule has 0 spiro atoms. The number of pyridine rings is 1. The molecular formula is C19H20N4O2S. The van der Waals surface area contributed by atoms with E-state index in [0.717, 1.165) is 46.2 Å². The number of hydrogen-bond donors (Lipinski definition) is 1. The second-order valence-electron chi connectivity index (χ2n) is 6.35. The minimum Gasteiger partial charge on any atom is -0.497 e. The van der Waals surface area contributed by atoms with Crippen molar-refractivity contribution in [1.82, 2.24) is 9.97 Å². The van der Waals surface area contributed by atoms with Gasteiger partial charge in [0.05, 0.1) is 35.1 Å². The third-order valence-corrected chi connectivity index (χ3v) is 5.66. The zero-order valence-electron chi connectivity index (χ0n) is 14.5. The van der Waals surface area contributed by atoms with Gasteiger partial charge in [-0.2, -0.15) is 0 Å². The van der Waals surface area contributed by atoms with Crippen LogP contribution in [0, 0.1) is 5.92 Å². The number of piperidine rings is 1. The van der Waals surface area contributed by atoms with E-state index in [4.69, 9.17) is 9.72 Å². The van der Waals surface area contributed by atoms with Crippen molar-refractivity contribution in [2.45, 2.75) is 12.8 Å². The second-order valence-corrected chi connectivity index (χ2v) is 7.36. The van der Waals surface area contributed by atoms with E-state index in [1.807, 2.05) is 30.3 Å². The van der Waals surface area contributed by atoms with E-state index in [0.29, 0.717) is 6.54 Å². The summed E-state index contributed by atoms with van der Waals surface area (Å²) in [6.45, 7) is 1.61. The summed E-state index contributed by atoms with van der Waals surface area (Å²) < 4.78 is 6.39. The molecule has 1 saturated heterocycles. The average Bonchev–Trinajstić information content (AvgIpc) is 3.12. The van der Waals surface area contributed by atoms with Crippen LogP contribution in [0.25, 0.3) is 10.2 Å². The number of ether oxygens (including phenoxy) is 1. The predicted molar refractivity (Wildman–Crippen MR) is 104 cm³/mol. The van der Waals surface area contributed by atoms with Crippen LogP contribution < -0.4 is 15.0 Å². The van der Waals surface area contributed by atoms with E-state index < -0.39 is 0 Å². The lowest BCUT2D eigenvalue weighted by Crippen LogP contribution is -2.40. The molecule has 1 amide bonds. The molecule has 1 aliphatic rings. The minimum absolute atomic E-state index is 0.0467. The van der Waals surface area contributed by atoms with Crippen molar-refractivity contribution >= 4 is 38.3 Å². The van der Waals surface area contributed by atoms with Gasteiger partial charge in [-0.15, -0.1) is 0 Å². The number of anilines is 2. The van der Waals surface area contributed by atoms with Crippen molar-refractivity contribution in [3.05, 3.63) is 42.7 Å². The third-order valence-electron chi connectivity index (χ3n) is 4.58. The van der Waals surface area contributed by atoms with E-state index in [-0.39, 0.29) is 11.8 Å². The van der Waals surface area contributed by atoms with Crippen LogP contribution in [0.4, 0.5) is 10.8 Å². The van der Waals surface area contributed by atoms with Crippen molar-refractivity contribution in [3.8, 4) is 5.75 Å². The quantitative estimate of drug-likeness (QED) is 0.763. The Morgan fingerprint density at radius 3 is 3.12 bits per heavy atom. The van der Waals surface area contributed by atoms with Crippen LogP contribution in [0.3, 0.4) is 0 Å². The molecule has 3 aromatic rings. The molecule has 1 fully saturated rings. The van der Waals surface area contributed by atoms with Gasteiger partial charge in [-0.3, -0.25) is 9.78 Å². The van der Waals surface area contributed by atoms with Gasteiger partial charge in [0.25, 0.3) is 0 Å². The van der Waals surface area contributed by atoms with Gasteiger partial charge in [-0.25, -0.2) is 4.98 Å². The van der Waals surface area contributed by atoms with E-state index in [1.54, 1.807) is 30.8 Å². The molecule has 1 N–H and O–H groups in total. The summed E-state index contributed by atoms with van der Waals surface area (Å²) >= 11 is 1.64. The molecule has 3 heterocycles. The Morgan fingerprint density at radius 1 is 1.38 bits per heavy atom. The number of amides is 1. The number of thiazole rings is 1. The summed E-state index contributed by atoms with van der Waals surface area (Å²) in [6, 6.07) is 9.58. The Morgan fingerprint density at radius 2 is 2.31 bits per heavy atom. The van der Waals surface area contributed by atoms with Crippen LogP contribution in [0.15, 0.2) is 42.7 Å². The lowest BCUT2D eigenvalue weighted by Gasteiger charge is -2.31. The molecule has 0 saturated carbocycles. The number of nitrogens with zero attached hydrogens (tertiary/aromatic N) is 3. The number of carbonyl (C=O) groups is 1. The monoisotopic (exact) mass is 368 g/mol. The largest absolute Gasteiger partial charge is 0.497 e. The first-order valence-electron chi connectivity index (χ1n) is 8.63. The molecule has 134 valence electrons. The summed E-state index contributed by atoms with van der Waals surface area (Å²) in [5, 5.41) is 3.93. The van der Waals surface area contributed by atoms with E-state index in [9.17, 15) is 4.79 Å². The Labute approximate surface area is 155 Å². The van der Waals surface area contributed by atoms with Gasteiger partial charge in [0.15, 0.2) is 5.13 Å². The standard InChI is InChI=1S/C19H20N4O2S/c1-25-15-6-7-16-17(10-15)26-19(22-16)23-9-3-4-13(12-23)18(24)21-14-5-2-8-20-11-14/h2,5-8,10-11,13H,3-4,9,12H2,1H3,(H,21,24)/t13-/m0/s1. The Kier molecular flexibility index (Phi) is 4.71. The van der Waals surface area contributed by atoms with Crippen LogP contribution in [0.2, 0.25) is 0 Å². The molecule has 0 bridgehead atoms. The van der Waals surface area contributed by atoms with Crippen molar-refractivity contribution in [2.24, 2.45) is 5.92 Å². The van der Waals surface area contributed by atoms with Crippen LogP contribution in [0.5, 0.6) is 5.75 Å². The molecule has 0 radical (unpaired) electrons. The van der Waals surface area contributed by atoms with Crippen LogP contribution >= 0.6 is 11.3 Å². The molecule has 1 aromatic carbocycles. The SMILES string of the molecule is COc1ccc2nc(N3CCC[C@H](C(=O)Nc4cccnc4)C3)sc2c1. The van der Waals surface area contributed by atoms with Gasteiger partial charge in [0, 0.05) is 19.3 Å². The van der Waals surface area contributed by atoms with Gasteiger partial charge in [-0.05, 0) is 43.2 Å². The summed E-state index contributed by atoms with van der Waals surface area (Å²) in [5.41, 5.74) is 1.70. The highest BCUT2D eigenvalue weighted by molar-refractivity contribution is 7.22. The normalized spacial score (nSPS) is 17.3. The second kappa shape index (κ2) is 7.29. The van der Waals surface area contributed by atoms with Gasteiger partial charge in [0.2, 0.25) is 5.91 Å².